The molecule has 2 aromatic rings. The molecular weight excluding hydrogens is 368 g/mol. The fraction of sp³-hybridized carbons (Fsp3) is 0.556. The molecule has 26 heavy (non-hydrogen) atoms. The van der Waals surface area contributed by atoms with Crippen LogP contribution in [0.3, 0.4) is 0 Å². The Morgan fingerprint density at radius 1 is 1.42 bits per heavy atom. The molecule has 0 unspecified atom stereocenters. The third-order valence-corrected chi connectivity index (χ3v) is 6.79. The van der Waals surface area contributed by atoms with Gasteiger partial charge in [-0.25, -0.2) is 14.8 Å². The Morgan fingerprint density at radius 3 is 3.00 bits per heavy atom. The molecule has 0 aromatic carbocycles. The zero-order valence-corrected chi connectivity index (χ0v) is 16.9. The van der Waals surface area contributed by atoms with Gasteiger partial charge in [0.05, 0.1) is 5.75 Å². The molecule has 2 N–H and O–H groups in total. The molecule has 3 rings (SSSR count). The van der Waals surface area contributed by atoms with Gasteiger partial charge in [-0.2, -0.15) is 0 Å². The van der Waals surface area contributed by atoms with Crippen molar-refractivity contribution in [1.29, 1.82) is 0 Å². The van der Waals surface area contributed by atoms with Crippen molar-refractivity contribution in [2.75, 3.05) is 5.75 Å². The van der Waals surface area contributed by atoms with Gasteiger partial charge in [-0.15, -0.1) is 11.3 Å². The van der Waals surface area contributed by atoms with Gasteiger partial charge < -0.3 is 5.32 Å². The van der Waals surface area contributed by atoms with E-state index in [0.717, 1.165) is 34.5 Å². The first-order valence-corrected chi connectivity index (χ1v) is 10.8. The van der Waals surface area contributed by atoms with Crippen molar-refractivity contribution in [2.24, 2.45) is 5.92 Å². The Kier molecular flexibility index (Phi) is 6.13. The van der Waals surface area contributed by atoms with E-state index in [2.05, 4.69) is 27.5 Å². The van der Waals surface area contributed by atoms with E-state index in [-0.39, 0.29) is 17.7 Å². The molecule has 0 aliphatic heterocycles. The lowest BCUT2D eigenvalue weighted by Gasteiger charge is -2.18. The smallest absolute Gasteiger partial charge is 0.321 e. The van der Waals surface area contributed by atoms with Gasteiger partial charge in [-0.1, -0.05) is 25.6 Å². The number of amides is 3. The van der Waals surface area contributed by atoms with E-state index in [1.165, 1.54) is 28.6 Å². The van der Waals surface area contributed by atoms with Crippen LogP contribution in [-0.2, 0) is 17.6 Å². The molecule has 1 aliphatic carbocycles. The van der Waals surface area contributed by atoms with Crippen molar-refractivity contribution < 1.29 is 9.59 Å². The predicted octanol–water partition coefficient (Wildman–Crippen LogP) is 3.53. The molecule has 2 heterocycles. The number of imide groups is 1. The molecule has 2 aromatic heterocycles. The van der Waals surface area contributed by atoms with E-state index in [1.807, 2.05) is 13.8 Å². The van der Waals surface area contributed by atoms with E-state index in [4.69, 9.17) is 0 Å². The van der Waals surface area contributed by atoms with E-state index in [9.17, 15) is 9.59 Å². The maximum absolute atomic E-state index is 12.1. The lowest BCUT2D eigenvalue weighted by molar-refractivity contribution is -0.117. The van der Waals surface area contributed by atoms with Crippen LogP contribution in [0, 0.1) is 5.92 Å². The summed E-state index contributed by atoms with van der Waals surface area (Å²) in [6.45, 7) is 6.16. The summed E-state index contributed by atoms with van der Waals surface area (Å²) in [7, 11) is 0. The Morgan fingerprint density at radius 2 is 2.23 bits per heavy atom. The summed E-state index contributed by atoms with van der Waals surface area (Å²) >= 11 is 3.11. The average Bonchev–Trinajstić information content (AvgIpc) is 2.97. The van der Waals surface area contributed by atoms with Gasteiger partial charge in [0, 0.05) is 16.3 Å². The Labute approximate surface area is 161 Å². The van der Waals surface area contributed by atoms with Crippen LogP contribution in [0.1, 0.15) is 44.1 Å². The second-order valence-corrected chi connectivity index (χ2v) is 8.88. The molecule has 0 fully saturated rings. The standard InChI is InChI=1S/C18H24N4O2S2/c1-4-11(3)21-18(24)22-14(23)8-25-16-15-12-6-5-10(2)7-13(12)26-17(15)20-9-19-16/h9-11H,4-8H2,1-3H3,(H2,21,22,23,24)/t10-,11+/m1/s1. The SMILES string of the molecule is CC[C@H](C)NC(=O)NC(=O)CSc1ncnc2sc3c(c12)CC[C@@H](C)C3. The maximum Gasteiger partial charge on any atom is 0.321 e. The second-order valence-electron chi connectivity index (χ2n) is 6.83. The van der Waals surface area contributed by atoms with E-state index < -0.39 is 6.03 Å². The number of rotatable bonds is 5. The summed E-state index contributed by atoms with van der Waals surface area (Å²) in [5, 5.41) is 7.03. The number of nitrogens with zero attached hydrogens (tertiary/aromatic N) is 2. The maximum atomic E-state index is 12.1. The number of thioether (sulfide) groups is 1. The van der Waals surface area contributed by atoms with Crippen LogP contribution in [0.5, 0.6) is 0 Å². The van der Waals surface area contributed by atoms with Gasteiger partial charge in [0.15, 0.2) is 0 Å². The first-order chi connectivity index (χ1) is 12.5. The van der Waals surface area contributed by atoms with Gasteiger partial charge in [-0.3, -0.25) is 10.1 Å². The summed E-state index contributed by atoms with van der Waals surface area (Å²) in [4.78, 5) is 35.0. The highest BCUT2D eigenvalue weighted by atomic mass is 32.2. The first-order valence-electron chi connectivity index (χ1n) is 8.96. The molecule has 0 saturated heterocycles. The van der Waals surface area contributed by atoms with E-state index in [0.29, 0.717) is 5.92 Å². The van der Waals surface area contributed by atoms with Crippen LogP contribution in [0.4, 0.5) is 4.79 Å². The summed E-state index contributed by atoms with van der Waals surface area (Å²) < 4.78 is 0. The number of urea groups is 1. The third kappa shape index (κ3) is 4.35. The van der Waals surface area contributed by atoms with E-state index >= 15 is 0 Å². The monoisotopic (exact) mass is 392 g/mol. The van der Waals surface area contributed by atoms with Crippen LogP contribution in [0.25, 0.3) is 10.2 Å². The number of thiophene rings is 1. The number of hydrogen-bond donors (Lipinski definition) is 2. The fourth-order valence-corrected chi connectivity index (χ4v) is 5.25. The topological polar surface area (TPSA) is 84.0 Å². The van der Waals surface area contributed by atoms with Crippen molar-refractivity contribution in [3.63, 3.8) is 0 Å². The van der Waals surface area contributed by atoms with Crippen molar-refractivity contribution >= 4 is 45.3 Å². The molecule has 0 saturated carbocycles. The van der Waals surface area contributed by atoms with Crippen LogP contribution >= 0.6 is 23.1 Å². The number of fused-ring (bicyclic) bond motifs is 3. The van der Waals surface area contributed by atoms with E-state index in [1.54, 1.807) is 17.7 Å². The van der Waals surface area contributed by atoms with Crippen LogP contribution in [-0.4, -0.2) is 33.7 Å². The Hall–Kier alpha value is -1.67. The van der Waals surface area contributed by atoms with Crippen LogP contribution in [0.15, 0.2) is 11.4 Å². The molecule has 0 radical (unpaired) electrons. The van der Waals surface area contributed by atoms with Gasteiger partial charge in [0.2, 0.25) is 5.91 Å². The van der Waals surface area contributed by atoms with Crippen molar-refractivity contribution in [1.82, 2.24) is 20.6 Å². The number of aromatic nitrogens is 2. The Bertz CT molecular complexity index is 821. The predicted molar refractivity (Wildman–Crippen MR) is 106 cm³/mol. The molecule has 1 aliphatic rings. The average molecular weight is 393 g/mol. The summed E-state index contributed by atoms with van der Waals surface area (Å²) in [5.41, 5.74) is 1.35. The first kappa shape index (κ1) is 19.1. The summed E-state index contributed by atoms with van der Waals surface area (Å²) in [5.74, 6) is 0.538. The molecule has 0 bridgehead atoms. The zero-order chi connectivity index (χ0) is 18.7. The van der Waals surface area contributed by atoms with Gasteiger partial charge in [0.25, 0.3) is 0 Å². The molecule has 3 amide bonds. The largest absolute Gasteiger partial charge is 0.335 e. The minimum absolute atomic E-state index is 0.0386. The molecule has 0 spiro atoms. The van der Waals surface area contributed by atoms with Crippen molar-refractivity contribution in [3.8, 4) is 0 Å². The normalized spacial score (nSPS) is 17.6. The number of aryl methyl sites for hydroxylation is 1. The summed E-state index contributed by atoms with van der Waals surface area (Å²) in [6, 6.07) is -0.406. The highest BCUT2D eigenvalue weighted by Gasteiger charge is 2.23. The number of nitrogens with one attached hydrogen (secondary N) is 2. The second kappa shape index (κ2) is 8.35. The zero-order valence-electron chi connectivity index (χ0n) is 15.3. The van der Waals surface area contributed by atoms with Crippen LogP contribution < -0.4 is 10.6 Å². The highest BCUT2D eigenvalue weighted by Crippen LogP contribution is 2.40. The van der Waals surface area contributed by atoms with Gasteiger partial charge in [0.1, 0.15) is 16.2 Å². The molecular formula is C18H24N4O2S2. The number of hydrogen-bond acceptors (Lipinski definition) is 6. The van der Waals surface area contributed by atoms with Crippen molar-refractivity contribution in [2.45, 2.75) is 57.5 Å². The number of carbonyl (C=O) groups excluding carboxylic acids is 2. The fourth-order valence-electron chi connectivity index (χ4n) is 3.01. The lowest BCUT2D eigenvalue weighted by Crippen LogP contribution is -2.43. The number of carbonyl (C=O) groups is 2. The lowest BCUT2D eigenvalue weighted by atomic mass is 9.89. The quantitative estimate of drug-likeness (QED) is 0.601. The minimum atomic E-state index is -0.445. The Balaban J connectivity index is 1.68. The third-order valence-electron chi connectivity index (χ3n) is 4.64. The molecule has 8 heteroatoms. The van der Waals surface area contributed by atoms with Gasteiger partial charge in [-0.05, 0) is 44.1 Å². The molecule has 2 atom stereocenters. The van der Waals surface area contributed by atoms with Crippen LogP contribution in [0.2, 0.25) is 0 Å². The molecule has 6 nitrogen and oxygen atoms in total. The summed E-state index contributed by atoms with van der Waals surface area (Å²) in [6.07, 6.45) is 5.69. The van der Waals surface area contributed by atoms with Gasteiger partial charge >= 0.3 is 6.03 Å². The molecule has 140 valence electrons. The highest BCUT2D eigenvalue weighted by molar-refractivity contribution is 8.00. The minimum Gasteiger partial charge on any atom is -0.335 e. The van der Waals surface area contributed by atoms with Crippen molar-refractivity contribution in [3.05, 3.63) is 16.8 Å².